The molecule has 0 saturated carbocycles. The van der Waals surface area contributed by atoms with Crippen LogP contribution in [0.1, 0.15) is 16.7 Å². The predicted octanol–water partition coefficient (Wildman–Crippen LogP) is 3.25. The summed E-state index contributed by atoms with van der Waals surface area (Å²) in [5.41, 5.74) is 4.03. The van der Waals surface area contributed by atoms with Crippen molar-refractivity contribution in [2.75, 3.05) is 19.0 Å². The lowest BCUT2D eigenvalue weighted by Gasteiger charge is -2.18. The summed E-state index contributed by atoms with van der Waals surface area (Å²) in [7, 11) is 3.92. The third-order valence-corrected chi connectivity index (χ3v) is 2.66. The zero-order valence-electron chi connectivity index (χ0n) is 9.57. The van der Waals surface area contributed by atoms with Gasteiger partial charge in [0.1, 0.15) is 0 Å². The summed E-state index contributed by atoms with van der Waals surface area (Å²) < 4.78 is 0. The number of halogens is 1. The Hall–Kier alpha value is -1.06. The quantitative estimate of drug-likeness (QED) is 0.916. The van der Waals surface area contributed by atoms with Crippen molar-refractivity contribution in [2.24, 2.45) is 0 Å². The minimum atomic E-state index is 0.0358. The van der Waals surface area contributed by atoms with Gasteiger partial charge in [0.05, 0.1) is 6.61 Å². The fraction of sp³-hybridized carbons (Fsp3) is 0.231. The van der Waals surface area contributed by atoms with Crippen molar-refractivity contribution in [1.82, 2.24) is 0 Å². The van der Waals surface area contributed by atoms with E-state index in [9.17, 15) is 5.11 Å². The molecule has 0 heterocycles. The van der Waals surface area contributed by atoms with Crippen LogP contribution in [0.4, 0.5) is 5.69 Å². The monoisotopic (exact) mass is 281 g/mol. The summed E-state index contributed by atoms with van der Waals surface area (Å²) in [6, 6.07) is 4.00. The number of aliphatic hydroxyl groups excluding tert-OH is 1. The molecule has 3 heteroatoms. The first-order chi connectivity index (χ1) is 7.63. The van der Waals surface area contributed by atoms with Crippen LogP contribution in [-0.4, -0.2) is 19.2 Å². The first kappa shape index (κ1) is 13.0. The Kier molecular flexibility index (Phi) is 4.77. The van der Waals surface area contributed by atoms with Gasteiger partial charge < -0.3 is 10.0 Å². The standard InChI is InChI=1S/C13H16BrNO/c1-4-10-8-13(15(2)3)12(9-16)7-11(10)5-6-14/h4-8,16H,1,9H2,2-3H3/b6-5+. The number of hydrogen-bond acceptors (Lipinski definition) is 2. The van der Waals surface area contributed by atoms with E-state index in [1.54, 1.807) is 4.99 Å². The van der Waals surface area contributed by atoms with Gasteiger partial charge in [-0.05, 0) is 34.3 Å². The molecule has 1 rings (SSSR count). The van der Waals surface area contributed by atoms with E-state index in [1.807, 2.05) is 43.3 Å². The van der Waals surface area contributed by atoms with E-state index in [0.29, 0.717) is 0 Å². The molecule has 1 aromatic carbocycles. The first-order valence-electron chi connectivity index (χ1n) is 4.98. The average Bonchev–Trinajstić information content (AvgIpc) is 2.28. The van der Waals surface area contributed by atoms with Crippen LogP contribution >= 0.6 is 15.9 Å². The van der Waals surface area contributed by atoms with E-state index in [1.165, 1.54) is 0 Å². The molecule has 0 radical (unpaired) electrons. The van der Waals surface area contributed by atoms with Crippen LogP contribution in [0, 0.1) is 0 Å². The maximum atomic E-state index is 9.34. The number of anilines is 1. The minimum Gasteiger partial charge on any atom is -0.392 e. The van der Waals surface area contributed by atoms with Gasteiger partial charge >= 0.3 is 0 Å². The molecule has 0 aliphatic carbocycles. The van der Waals surface area contributed by atoms with Crippen molar-refractivity contribution >= 4 is 33.8 Å². The highest BCUT2D eigenvalue weighted by molar-refractivity contribution is 9.11. The molecule has 0 aliphatic rings. The van der Waals surface area contributed by atoms with E-state index in [4.69, 9.17) is 0 Å². The number of aliphatic hydroxyl groups is 1. The number of benzene rings is 1. The van der Waals surface area contributed by atoms with Crippen LogP contribution in [0.25, 0.3) is 12.2 Å². The zero-order chi connectivity index (χ0) is 12.1. The topological polar surface area (TPSA) is 23.5 Å². The fourth-order valence-electron chi connectivity index (χ4n) is 1.60. The van der Waals surface area contributed by atoms with Crippen molar-refractivity contribution in [2.45, 2.75) is 6.61 Å². The summed E-state index contributed by atoms with van der Waals surface area (Å²) in [6.45, 7) is 3.84. The molecule has 1 aromatic rings. The number of rotatable bonds is 4. The molecule has 0 unspecified atom stereocenters. The Morgan fingerprint density at radius 3 is 2.50 bits per heavy atom. The van der Waals surface area contributed by atoms with Crippen LogP contribution in [0.5, 0.6) is 0 Å². The molecule has 0 amide bonds. The van der Waals surface area contributed by atoms with Gasteiger partial charge in [0.15, 0.2) is 0 Å². The second kappa shape index (κ2) is 5.87. The van der Waals surface area contributed by atoms with Crippen molar-refractivity contribution in [3.05, 3.63) is 40.4 Å². The van der Waals surface area contributed by atoms with Gasteiger partial charge in [-0.3, -0.25) is 0 Å². The summed E-state index contributed by atoms with van der Waals surface area (Å²) in [4.78, 5) is 3.78. The summed E-state index contributed by atoms with van der Waals surface area (Å²) >= 11 is 3.26. The molecule has 16 heavy (non-hydrogen) atoms. The largest absolute Gasteiger partial charge is 0.392 e. The molecule has 0 aliphatic heterocycles. The average molecular weight is 282 g/mol. The molecular weight excluding hydrogens is 266 g/mol. The van der Waals surface area contributed by atoms with Gasteiger partial charge in [0, 0.05) is 25.3 Å². The lowest BCUT2D eigenvalue weighted by molar-refractivity contribution is 0.282. The maximum Gasteiger partial charge on any atom is 0.0702 e. The normalized spacial score (nSPS) is 10.8. The molecule has 0 aromatic heterocycles. The van der Waals surface area contributed by atoms with Crippen LogP contribution < -0.4 is 4.90 Å². The Balaban J connectivity index is 3.39. The molecule has 0 atom stereocenters. The Morgan fingerprint density at radius 1 is 1.38 bits per heavy atom. The van der Waals surface area contributed by atoms with Crippen molar-refractivity contribution in [1.29, 1.82) is 0 Å². The van der Waals surface area contributed by atoms with Crippen molar-refractivity contribution < 1.29 is 5.11 Å². The third-order valence-electron chi connectivity index (χ3n) is 2.40. The van der Waals surface area contributed by atoms with E-state index < -0.39 is 0 Å². The van der Waals surface area contributed by atoms with Crippen molar-refractivity contribution in [3.8, 4) is 0 Å². The molecule has 0 saturated heterocycles. The van der Waals surface area contributed by atoms with Gasteiger partial charge in [0.25, 0.3) is 0 Å². The molecule has 2 nitrogen and oxygen atoms in total. The highest BCUT2D eigenvalue weighted by atomic mass is 79.9. The second-order valence-corrected chi connectivity index (χ2v) is 4.19. The summed E-state index contributed by atoms with van der Waals surface area (Å²) in [5.74, 6) is 0. The number of hydrogen-bond donors (Lipinski definition) is 1. The van der Waals surface area contributed by atoms with Crippen molar-refractivity contribution in [3.63, 3.8) is 0 Å². The highest BCUT2D eigenvalue weighted by Gasteiger charge is 2.07. The molecule has 86 valence electrons. The van der Waals surface area contributed by atoms with E-state index in [-0.39, 0.29) is 6.61 Å². The minimum absolute atomic E-state index is 0.0358. The lowest BCUT2D eigenvalue weighted by atomic mass is 10.0. The molecule has 0 bridgehead atoms. The fourth-order valence-corrected chi connectivity index (χ4v) is 1.89. The van der Waals surface area contributed by atoms with Crippen LogP contribution in [0.2, 0.25) is 0 Å². The highest BCUT2D eigenvalue weighted by Crippen LogP contribution is 2.26. The number of nitrogens with zero attached hydrogens (tertiary/aromatic N) is 1. The van der Waals surface area contributed by atoms with Gasteiger partial charge in [0.2, 0.25) is 0 Å². The third kappa shape index (κ3) is 2.74. The maximum absolute atomic E-state index is 9.34. The van der Waals surface area contributed by atoms with Gasteiger partial charge in [-0.1, -0.05) is 28.6 Å². The molecule has 0 fully saturated rings. The van der Waals surface area contributed by atoms with Gasteiger partial charge in [-0.25, -0.2) is 0 Å². The lowest BCUT2D eigenvalue weighted by Crippen LogP contribution is -2.12. The van der Waals surface area contributed by atoms with Crippen LogP contribution in [-0.2, 0) is 6.61 Å². The van der Waals surface area contributed by atoms with E-state index in [2.05, 4.69) is 22.5 Å². The predicted molar refractivity (Wildman–Crippen MR) is 74.7 cm³/mol. The second-order valence-electron chi connectivity index (χ2n) is 3.66. The first-order valence-corrected chi connectivity index (χ1v) is 5.90. The zero-order valence-corrected chi connectivity index (χ0v) is 11.2. The van der Waals surface area contributed by atoms with E-state index in [0.717, 1.165) is 22.4 Å². The Morgan fingerprint density at radius 2 is 2.06 bits per heavy atom. The van der Waals surface area contributed by atoms with Crippen LogP contribution in [0.3, 0.4) is 0 Å². The Bertz CT molecular complexity index is 411. The molecule has 1 N–H and O–H groups in total. The molecule has 0 spiro atoms. The SMILES string of the molecule is C=Cc1cc(N(C)C)c(CO)cc1/C=C/Br. The van der Waals surface area contributed by atoms with Gasteiger partial charge in [-0.15, -0.1) is 0 Å². The van der Waals surface area contributed by atoms with Gasteiger partial charge in [-0.2, -0.15) is 0 Å². The smallest absolute Gasteiger partial charge is 0.0702 e. The van der Waals surface area contributed by atoms with E-state index >= 15 is 0 Å². The molecular formula is C13H16BrNO. The summed E-state index contributed by atoms with van der Waals surface area (Å²) in [5, 5.41) is 9.34. The Labute approximate surface area is 105 Å². The van der Waals surface area contributed by atoms with Crippen LogP contribution in [0.15, 0.2) is 23.7 Å². The summed E-state index contributed by atoms with van der Waals surface area (Å²) in [6.07, 6.45) is 3.76.